The molecule has 0 aromatic rings. The molecule has 0 bridgehead atoms. The fourth-order valence-electron chi connectivity index (χ4n) is 1.57. The van der Waals surface area contributed by atoms with Crippen LogP contribution in [0.1, 0.15) is 6.92 Å². The number of carbonyl (C=O) groups excluding carboxylic acids is 1. The summed E-state index contributed by atoms with van der Waals surface area (Å²) in [6.07, 6.45) is 0. The standard InChI is InChI=1S/C10H18N2O4/c1-2-11(8-10(14)15)7-9(13)12-3-5-16-6-4-12/h2-8H2,1H3,(H,14,15). The maximum atomic E-state index is 11.8. The number of nitrogens with zero attached hydrogens (tertiary/aromatic N) is 2. The van der Waals surface area contributed by atoms with Crippen LogP contribution >= 0.6 is 0 Å². The van der Waals surface area contributed by atoms with E-state index in [0.717, 1.165) is 0 Å². The molecule has 6 heteroatoms. The van der Waals surface area contributed by atoms with Gasteiger partial charge in [-0.25, -0.2) is 0 Å². The highest BCUT2D eigenvalue weighted by Gasteiger charge is 2.19. The molecule has 0 radical (unpaired) electrons. The zero-order valence-electron chi connectivity index (χ0n) is 9.52. The summed E-state index contributed by atoms with van der Waals surface area (Å²) in [5, 5.41) is 8.65. The van der Waals surface area contributed by atoms with Crippen LogP contribution in [0.15, 0.2) is 0 Å². The molecule has 16 heavy (non-hydrogen) atoms. The number of hydrogen-bond acceptors (Lipinski definition) is 4. The lowest BCUT2D eigenvalue weighted by atomic mass is 10.3. The molecule has 1 heterocycles. The summed E-state index contributed by atoms with van der Waals surface area (Å²) in [6.45, 7) is 4.81. The number of carboxylic acid groups (broad SMARTS) is 1. The first kappa shape index (κ1) is 12.9. The Kier molecular flexibility index (Phi) is 5.21. The molecule has 1 fully saturated rings. The molecule has 1 aliphatic rings. The predicted molar refractivity (Wildman–Crippen MR) is 57.1 cm³/mol. The summed E-state index contributed by atoms with van der Waals surface area (Å²) < 4.78 is 5.14. The van der Waals surface area contributed by atoms with Gasteiger partial charge in [0.25, 0.3) is 0 Å². The molecule has 1 rings (SSSR count). The monoisotopic (exact) mass is 230 g/mol. The lowest BCUT2D eigenvalue weighted by Crippen LogP contribution is -2.46. The predicted octanol–water partition coefficient (Wildman–Crippen LogP) is -0.748. The van der Waals surface area contributed by atoms with Crippen molar-refractivity contribution in [3.05, 3.63) is 0 Å². The van der Waals surface area contributed by atoms with Crippen LogP contribution in [-0.2, 0) is 14.3 Å². The van der Waals surface area contributed by atoms with E-state index in [0.29, 0.717) is 32.8 Å². The van der Waals surface area contributed by atoms with Gasteiger partial charge in [-0.3, -0.25) is 14.5 Å². The summed E-state index contributed by atoms with van der Waals surface area (Å²) in [4.78, 5) is 25.7. The number of rotatable bonds is 5. The van der Waals surface area contributed by atoms with E-state index in [4.69, 9.17) is 9.84 Å². The Bertz CT molecular complexity index is 251. The van der Waals surface area contributed by atoms with Crippen LogP contribution in [0.2, 0.25) is 0 Å². The minimum Gasteiger partial charge on any atom is -0.480 e. The van der Waals surface area contributed by atoms with Crippen molar-refractivity contribution in [1.82, 2.24) is 9.80 Å². The molecule has 92 valence electrons. The van der Waals surface area contributed by atoms with Crippen LogP contribution in [0.5, 0.6) is 0 Å². The molecule has 0 unspecified atom stereocenters. The van der Waals surface area contributed by atoms with Crippen molar-refractivity contribution in [2.24, 2.45) is 0 Å². The Hall–Kier alpha value is -1.14. The Morgan fingerprint density at radius 2 is 1.94 bits per heavy atom. The number of amides is 1. The first-order valence-electron chi connectivity index (χ1n) is 5.43. The van der Waals surface area contributed by atoms with E-state index >= 15 is 0 Å². The molecule has 0 aromatic heterocycles. The number of ether oxygens (including phenoxy) is 1. The average Bonchev–Trinajstić information content (AvgIpc) is 2.28. The maximum Gasteiger partial charge on any atom is 0.317 e. The van der Waals surface area contributed by atoms with Gasteiger partial charge in [-0.2, -0.15) is 0 Å². The molecule has 0 aromatic carbocycles. The van der Waals surface area contributed by atoms with Crippen molar-refractivity contribution < 1.29 is 19.4 Å². The third-order valence-corrected chi connectivity index (χ3v) is 2.53. The van der Waals surface area contributed by atoms with Gasteiger partial charge in [-0.05, 0) is 6.54 Å². The quantitative estimate of drug-likeness (QED) is 0.673. The second-order valence-corrected chi connectivity index (χ2v) is 3.69. The van der Waals surface area contributed by atoms with E-state index in [-0.39, 0.29) is 19.0 Å². The molecular weight excluding hydrogens is 212 g/mol. The van der Waals surface area contributed by atoms with Gasteiger partial charge < -0.3 is 14.7 Å². The first-order valence-corrected chi connectivity index (χ1v) is 5.43. The van der Waals surface area contributed by atoms with Crippen LogP contribution in [0, 0.1) is 0 Å². The van der Waals surface area contributed by atoms with E-state index in [2.05, 4.69) is 0 Å². The van der Waals surface area contributed by atoms with E-state index in [1.165, 1.54) is 0 Å². The SMILES string of the molecule is CCN(CC(=O)O)CC(=O)N1CCOCC1. The summed E-state index contributed by atoms with van der Waals surface area (Å²) in [5.41, 5.74) is 0. The lowest BCUT2D eigenvalue weighted by molar-refractivity contribution is -0.140. The Morgan fingerprint density at radius 1 is 1.31 bits per heavy atom. The van der Waals surface area contributed by atoms with Gasteiger partial charge in [0.1, 0.15) is 0 Å². The van der Waals surface area contributed by atoms with Gasteiger partial charge in [-0.1, -0.05) is 6.92 Å². The maximum absolute atomic E-state index is 11.8. The smallest absolute Gasteiger partial charge is 0.317 e. The van der Waals surface area contributed by atoms with E-state index in [9.17, 15) is 9.59 Å². The highest BCUT2D eigenvalue weighted by atomic mass is 16.5. The van der Waals surface area contributed by atoms with Crippen LogP contribution in [0.4, 0.5) is 0 Å². The fourth-order valence-corrected chi connectivity index (χ4v) is 1.57. The van der Waals surface area contributed by atoms with Gasteiger partial charge >= 0.3 is 5.97 Å². The van der Waals surface area contributed by atoms with Crippen molar-refractivity contribution >= 4 is 11.9 Å². The third-order valence-electron chi connectivity index (χ3n) is 2.53. The van der Waals surface area contributed by atoms with Gasteiger partial charge in [0.2, 0.25) is 5.91 Å². The second kappa shape index (κ2) is 6.44. The van der Waals surface area contributed by atoms with Crippen molar-refractivity contribution in [1.29, 1.82) is 0 Å². The molecule has 0 saturated carbocycles. The summed E-state index contributed by atoms with van der Waals surface area (Å²) in [7, 11) is 0. The zero-order chi connectivity index (χ0) is 12.0. The molecule has 1 saturated heterocycles. The minimum atomic E-state index is -0.906. The molecule has 1 N–H and O–H groups in total. The summed E-state index contributed by atoms with van der Waals surface area (Å²) >= 11 is 0. The van der Waals surface area contributed by atoms with Crippen molar-refractivity contribution in [2.45, 2.75) is 6.92 Å². The summed E-state index contributed by atoms with van der Waals surface area (Å²) in [6, 6.07) is 0. The Balaban J connectivity index is 2.38. The number of carboxylic acids is 1. The minimum absolute atomic E-state index is 0.0219. The van der Waals surface area contributed by atoms with Crippen molar-refractivity contribution in [2.75, 3.05) is 45.9 Å². The molecule has 1 aliphatic heterocycles. The van der Waals surface area contributed by atoms with Gasteiger partial charge in [0.15, 0.2) is 0 Å². The molecule has 0 aliphatic carbocycles. The molecule has 6 nitrogen and oxygen atoms in total. The molecule has 0 atom stereocenters. The highest BCUT2D eigenvalue weighted by Crippen LogP contribution is 1.99. The van der Waals surface area contributed by atoms with Crippen molar-refractivity contribution in [3.63, 3.8) is 0 Å². The number of morpholine rings is 1. The number of hydrogen-bond donors (Lipinski definition) is 1. The molecule has 0 spiro atoms. The number of aliphatic carboxylic acids is 1. The van der Waals surface area contributed by atoms with E-state index in [1.54, 1.807) is 9.80 Å². The molecular formula is C10H18N2O4. The fraction of sp³-hybridized carbons (Fsp3) is 0.800. The van der Waals surface area contributed by atoms with Crippen LogP contribution < -0.4 is 0 Å². The van der Waals surface area contributed by atoms with E-state index in [1.807, 2.05) is 6.92 Å². The third kappa shape index (κ3) is 4.16. The highest BCUT2D eigenvalue weighted by molar-refractivity contribution is 5.79. The Labute approximate surface area is 94.8 Å². The Morgan fingerprint density at radius 3 is 2.44 bits per heavy atom. The number of carbonyl (C=O) groups is 2. The van der Waals surface area contributed by atoms with Gasteiger partial charge in [-0.15, -0.1) is 0 Å². The molecule has 1 amide bonds. The van der Waals surface area contributed by atoms with Crippen molar-refractivity contribution in [3.8, 4) is 0 Å². The van der Waals surface area contributed by atoms with Gasteiger partial charge in [0.05, 0.1) is 26.3 Å². The first-order chi connectivity index (χ1) is 7.63. The average molecular weight is 230 g/mol. The largest absolute Gasteiger partial charge is 0.480 e. The lowest BCUT2D eigenvalue weighted by Gasteiger charge is -2.29. The van der Waals surface area contributed by atoms with Crippen LogP contribution in [0.3, 0.4) is 0 Å². The normalized spacial score (nSPS) is 16.5. The summed E-state index contributed by atoms with van der Waals surface area (Å²) in [5.74, 6) is -0.928. The van der Waals surface area contributed by atoms with E-state index < -0.39 is 5.97 Å². The van der Waals surface area contributed by atoms with Crippen LogP contribution in [0.25, 0.3) is 0 Å². The topological polar surface area (TPSA) is 70.1 Å². The van der Waals surface area contributed by atoms with Crippen LogP contribution in [-0.4, -0.2) is 72.7 Å². The zero-order valence-corrected chi connectivity index (χ0v) is 9.52. The second-order valence-electron chi connectivity index (χ2n) is 3.69. The number of likely N-dealkylation sites (N-methyl/N-ethyl adjacent to an activating group) is 1. The van der Waals surface area contributed by atoms with Gasteiger partial charge in [0, 0.05) is 13.1 Å².